The van der Waals surface area contributed by atoms with Gasteiger partial charge in [-0.3, -0.25) is 4.79 Å². The fourth-order valence-corrected chi connectivity index (χ4v) is 2.08. The largest absolute Gasteiger partial charge is 0.481 e. The molecule has 1 unspecified atom stereocenters. The van der Waals surface area contributed by atoms with Crippen LogP contribution >= 0.6 is 0 Å². The summed E-state index contributed by atoms with van der Waals surface area (Å²) in [5.74, 6) is -1.26. The summed E-state index contributed by atoms with van der Waals surface area (Å²) in [5.41, 5.74) is 0.907. The fraction of sp³-hybridized carbons (Fsp3) is 0.600. The van der Waals surface area contributed by atoms with E-state index in [2.05, 4.69) is 4.74 Å². The van der Waals surface area contributed by atoms with Gasteiger partial charge in [-0.15, -0.1) is 0 Å². The lowest BCUT2D eigenvalue weighted by molar-refractivity contribution is -0.140. The van der Waals surface area contributed by atoms with Crippen LogP contribution in [0.2, 0.25) is 0 Å². The van der Waals surface area contributed by atoms with E-state index in [1.807, 2.05) is 4.90 Å². The summed E-state index contributed by atoms with van der Waals surface area (Å²) < 4.78 is 4.64. The third-order valence-corrected chi connectivity index (χ3v) is 2.96. The van der Waals surface area contributed by atoms with Crippen LogP contribution in [0.15, 0.2) is 11.8 Å². The standard InChI is InChI=1S/C10H14N2O4/c1-16-10(15)12-3-2-11-5-7(9(13)14)4-8(11)6-12/h4,7H,2-3,5-6H2,1H3,(H,13,14). The Kier molecular flexibility index (Phi) is 2.72. The highest BCUT2D eigenvalue weighted by molar-refractivity contribution is 5.74. The number of carboxylic acids is 1. The lowest BCUT2D eigenvalue weighted by Gasteiger charge is -2.34. The van der Waals surface area contributed by atoms with Gasteiger partial charge in [0.25, 0.3) is 0 Å². The second-order valence-corrected chi connectivity index (χ2v) is 3.94. The molecule has 16 heavy (non-hydrogen) atoms. The summed E-state index contributed by atoms with van der Waals surface area (Å²) in [5, 5.41) is 8.91. The van der Waals surface area contributed by atoms with E-state index >= 15 is 0 Å². The second kappa shape index (κ2) is 4.03. The smallest absolute Gasteiger partial charge is 0.409 e. The van der Waals surface area contributed by atoms with E-state index in [1.165, 1.54) is 7.11 Å². The van der Waals surface area contributed by atoms with Gasteiger partial charge in [-0.25, -0.2) is 4.79 Å². The molecule has 0 aromatic rings. The molecule has 2 rings (SSSR count). The van der Waals surface area contributed by atoms with Crippen molar-refractivity contribution in [2.45, 2.75) is 0 Å². The predicted molar refractivity (Wildman–Crippen MR) is 54.8 cm³/mol. The maximum atomic E-state index is 11.3. The summed E-state index contributed by atoms with van der Waals surface area (Å²) in [4.78, 5) is 25.7. The molecular formula is C10H14N2O4. The molecule has 2 heterocycles. The number of hydrogen-bond acceptors (Lipinski definition) is 4. The number of carboxylic acid groups (broad SMARTS) is 1. The van der Waals surface area contributed by atoms with E-state index in [0.717, 1.165) is 5.70 Å². The van der Waals surface area contributed by atoms with E-state index in [-0.39, 0.29) is 6.09 Å². The highest BCUT2D eigenvalue weighted by atomic mass is 16.5. The molecule has 0 aromatic heterocycles. The highest BCUT2D eigenvalue weighted by Crippen LogP contribution is 2.24. The van der Waals surface area contributed by atoms with Crippen LogP contribution in [0.5, 0.6) is 0 Å². The number of fused-ring (bicyclic) bond motifs is 1. The van der Waals surface area contributed by atoms with Gasteiger partial charge in [0.15, 0.2) is 0 Å². The van der Waals surface area contributed by atoms with Gasteiger partial charge in [0, 0.05) is 25.3 Å². The minimum absolute atomic E-state index is 0.362. The molecule has 0 aliphatic carbocycles. The van der Waals surface area contributed by atoms with Crippen molar-refractivity contribution in [3.63, 3.8) is 0 Å². The molecule has 1 fully saturated rings. The first-order valence-corrected chi connectivity index (χ1v) is 5.13. The van der Waals surface area contributed by atoms with Gasteiger partial charge in [-0.1, -0.05) is 0 Å². The first-order valence-electron chi connectivity index (χ1n) is 5.13. The van der Waals surface area contributed by atoms with Gasteiger partial charge < -0.3 is 19.6 Å². The van der Waals surface area contributed by atoms with Crippen molar-refractivity contribution in [1.29, 1.82) is 0 Å². The van der Waals surface area contributed by atoms with Gasteiger partial charge in [0.1, 0.15) is 0 Å². The average molecular weight is 226 g/mol. The second-order valence-electron chi connectivity index (χ2n) is 3.94. The zero-order chi connectivity index (χ0) is 11.7. The summed E-state index contributed by atoms with van der Waals surface area (Å²) in [6.07, 6.45) is 1.36. The highest BCUT2D eigenvalue weighted by Gasteiger charge is 2.33. The molecule has 88 valence electrons. The number of aliphatic carboxylic acids is 1. The van der Waals surface area contributed by atoms with Crippen LogP contribution in [0.1, 0.15) is 0 Å². The van der Waals surface area contributed by atoms with Crippen molar-refractivity contribution in [2.24, 2.45) is 5.92 Å². The Morgan fingerprint density at radius 1 is 1.50 bits per heavy atom. The van der Waals surface area contributed by atoms with Crippen LogP contribution in [0.25, 0.3) is 0 Å². The maximum absolute atomic E-state index is 11.3. The Bertz CT molecular complexity index is 353. The number of hydrogen-bond donors (Lipinski definition) is 1. The number of piperazine rings is 1. The van der Waals surface area contributed by atoms with Crippen LogP contribution in [0, 0.1) is 5.92 Å². The average Bonchev–Trinajstić information content (AvgIpc) is 2.70. The summed E-state index contributed by atoms with van der Waals surface area (Å²) >= 11 is 0. The summed E-state index contributed by atoms with van der Waals surface area (Å²) in [6.45, 7) is 2.21. The first kappa shape index (κ1) is 10.8. The molecule has 0 saturated carbocycles. The number of amides is 1. The molecule has 0 radical (unpaired) electrons. The molecule has 1 N–H and O–H groups in total. The molecule has 1 saturated heterocycles. The number of ether oxygens (including phenoxy) is 1. The summed E-state index contributed by atoms with van der Waals surface area (Å²) in [6, 6.07) is 0. The topological polar surface area (TPSA) is 70.1 Å². The Labute approximate surface area is 93.1 Å². The molecule has 0 spiro atoms. The van der Waals surface area contributed by atoms with Crippen molar-refractivity contribution in [2.75, 3.05) is 33.3 Å². The van der Waals surface area contributed by atoms with Gasteiger partial charge in [0.05, 0.1) is 19.6 Å². The summed E-state index contributed by atoms with van der Waals surface area (Å²) in [7, 11) is 1.35. The monoisotopic (exact) mass is 226 g/mol. The Morgan fingerprint density at radius 2 is 2.25 bits per heavy atom. The molecule has 0 bridgehead atoms. The minimum Gasteiger partial charge on any atom is -0.481 e. The van der Waals surface area contributed by atoms with E-state index in [9.17, 15) is 9.59 Å². The molecule has 6 nitrogen and oxygen atoms in total. The maximum Gasteiger partial charge on any atom is 0.409 e. The Morgan fingerprint density at radius 3 is 2.88 bits per heavy atom. The molecule has 2 aliphatic heterocycles. The Hall–Kier alpha value is -1.72. The molecule has 1 atom stereocenters. The van der Waals surface area contributed by atoms with Crippen LogP contribution in [-0.4, -0.2) is 60.3 Å². The van der Waals surface area contributed by atoms with Crippen LogP contribution in [-0.2, 0) is 9.53 Å². The van der Waals surface area contributed by atoms with Crippen LogP contribution < -0.4 is 0 Å². The molecule has 6 heteroatoms. The van der Waals surface area contributed by atoms with Crippen molar-refractivity contribution in [1.82, 2.24) is 9.80 Å². The number of carbonyl (C=O) groups is 2. The van der Waals surface area contributed by atoms with Crippen LogP contribution in [0.4, 0.5) is 4.79 Å². The van der Waals surface area contributed by atoms with E-state index < -0.39 is 11.9 Å². The third kappa shape index (κ3) is 1.82. The van der Waals surface area contributed by atoms with Crippen LogP contribution in [0.3, 0.4) is 0 Å². The quantitative estimate of drug-likeness (QED) is 0.679. The Balaban J connectivity index is 2.05. The van der Waals surface area contributed by atoms with Crippen molar-refractivity contribution >= 4 is 12.1 Å². The van der Waals surface area contributed by atoms with Crippen molar-refractivity contribution in [3.8, 4) is 0 Å². The van der Waals surface area contributed by atoms with Crippen molar-refractivity contribution < 1.29 is 19.4 Å². The minimum atomic E-state index is -0.813. The number of rotatable bonds is 1. The first-order chi connectivity index (χ1) is 7.61. The number of nitrogens with zero attached hydrogens (tertiary/aromatic N) is 2. The third-order valence-electron chi connectivity index (χ3n) is 2.96. The number of carbonyl (C=O) groups excluding carboxylic acids is 1. The zero-order valence-electron chi connectivity index (χ0n) is 9.05. The molecular weight excluding hydrogens is 212 g/mol. The lowest BCUT2D eigenvalue weighted by atomic mass is 10.2. The lowest BCUT2D eigenvalue weighted by Crippen LogP contribution is -2.46. The normalized spacial score (nSPS) is 23.8. The van der Waals surface area contributed by atoms with Gasteiger partial charge in [-0.2, -0.15) is 0 Å². The van der Waals surface area contributed by atoms with Crippen molar-refractivity contribution in [3.05, 3.63) is 11.8 Å². The van der Waals surface area contributed by atoms with Gasteiger partial charge in [0.2, 0.25) is 0 Å². The van der Waals surface area contributed by atoms with E-state index in [4.69, 9.17) is 5.11 Å². The predicted octanol–water partition coefficient (Wildman–Crippen LogP) is -0.0313. The zero-order valence-corrected chi connectivity index (χ0v) is 9.05. The SMILES string of the molecule is COC(=O)N1CCN2CC(C(=O)O)C=C2C1. The van der Waals surface area contributed by atoms with Gasteiger partial charge >= 0.3 is 12.1 Å². The van der Waals surface area contributed by atoms with E-state index in [1.54, 1.807) is 11.0 Å². The van der Waals surface area contributed by atoms with Gasteiger partial charge in [-0.05, 0) is 6.08 Å². The fourth-order valence-electron chi connectivity index (χ4n) is 2.08. The van der Waals surface area contributed by atoms with E-state index in [0.29, 0.717) is 26.2 Å². The molecule has 1 amide bonds. The molecule has 2 aliphatic rings. The number of methoxy groups -OCH3 is 1. The molecule has 0 aromatic carbocycles.